The first-order chi connectivity index (χ1) is 4.74. The molecule has 1 heterocycles. The summed E-state index contributed by atoms with van der Waals surface area (Å²) in [7, 11) is 0. The minimum Gasteiger partial charge on any atom is -0.302 e. The Balaban J connectivity index is 2.40. The minimum absolute atomic E-state index is 0.0844. The summed E-state index contributed by atoms with van der Waals surface area (Å²) < 4.78 is 0. The molecule has 0 aromatic rings. The van der Waals surface area contributed by atoms with Crippen molar-refractivity contribution in [1.82, 2.24) is 4.90 Å². The average Bonchev–Trinajstić information content (AvgIpc) is 1.95. The molecule has 0 amide bonds. The third-order valence-electron chi connectivity index (χ3n) is 1.89. The van der Waals surface area contributed by atoms with Crippen molar-refractivity contribution in [1.29, 1.82) is 0 Å². The number of halogens is 1. The topological polar surface area (TPSA) is 20.3 Å². The van der Waals surface area contributed by atoms with Crippen LogP contribution in [-0.2, 0) is 4.79 Å². The maximum absolute atomic E-state index is 11.0. The van der Waals surface area contributed by atoms with Crippen LogP contribution in [0.4, 0.5) is 0 Å². The van der Waals surface area contributed by atoms with Crippen molar-refractivity contribution in [2.75, 3.05) is 19.6 Å². The van der Waals surface area contributed by atoms with Gasteiger partial charge in [-0.1, -0.05) is 22.9 Å². The van der Waals surface area contributed by atoms with E-state index in [-0.39, 0.29) is 4.83 Å². The lowest BCUT2D eigenvalue weighted by molar-refractivity contribution is -0.120. The van der Waals surface area contributed by atoms with Crippen molar-refractivity contribution in [3.05, 3.63) is 0 Å². The number of carbonyl (C=O) groups is 1. The van der Waals surface area contributed by atoms with Crippen LogP contribution in [0.3, 0.4) is 0 Å². The fraction of sp³-hybridized carbons (Fsp3) is 0.857. The van der Waals surface area contributed by atoms with Crippen LogP contribution in [-0.4, -0.2) is 35.1 Å². The van der Waals surface area contributed by atoms with Crippen LogP contribution in [0.2, 0.25) is 0 Å². The second kappa shape index (κ2) is 3.49. The monoisotopic (exact) mass is 205 g/mol. The van der Waals surface area contributed by atoms with E-state index in [0.29, 0.717) is 12.2 Å². The maximum atomic E-state index is 11.0. The molecule has 1 aliphatic rings. The zero-order chi connectivity index (χ0) is 7.56. The number of Topliss-reactive ketones (excluding diaryl/α,β-unsaturated/α-hetero) is 1. The number of carbonyl (C=O) groups excluding carboxylic acids is 1. The Morgan fingerprint density at radius 3 is 3.00 bits per heavy atom. The number of piperidine rings is 1. The molecule has 1 aliphatic heterocycles. The van der Waals surface area contributed by atoms with E-state index >= 15 is 0 Å². The van der Waals surface area contributed by atoms with E-state index in [1.165, 1.54) is 0 Å². The van der Waals surface area contributed by atoms with Gasteiger partial charge in [-0.2, -0.15) is 0 Å². The highest BCUT2D eigenvalue weighted by atomic mass is 79.9. The van der Waals surface area contributed by atoms with Gasteiger partial charge in [0.1, 0.15) is 5.78 Å². The molecule has 0 saturated carbocycles. The molecule has 2 nitrogen and oxygen atoms in total. The van der Waals surface area contributed by atoms with Crippen molar-refractivity contribution < 1.29 is 4.79 Å². The number of hydrogen-bond donors (Lipinski definition) is 0. The van der Waals surface area contributed by atoms with Crippen molar-refractivity contribution in [3.63, 3.8) is 0 Å². The van der Waals surface area contributed by atoms with E-state index in [1.54, 1.807) is 0 Å². The summed E-state index contributed by atoms with van der Waals surface area (Å²) in [5.74, 6) is 0.352. The molecule has 1 unspecified atom stereocenters. The molecule has 58 valence electrons. The van der Waals surface area contributed by atoms with Gasteiger partial charge in [0, 0.05) is 19.5 Å². The van der Waals surface area contributed by atoms with Crippen LogP contribution in [0.25, 0.3) is 0 Å². The summed E-state index contributed by atoms with van der Waals surface area (Å²) in [6, 6.07) is 0. The Morgan fingerprint density at radius 1 is 1.80 bits per heavy atom. The molecule has 0 aromatic carbocycles. The lowest BCUT2D eigenvalue weighted by Crippen LogP contribution is -2.40. The van der Waals surface area contributed by atoms with Gasteiger partial charge in [0.25, 0.3) is 0 Å². The molecule has 0 bridgehead atoms. The van der Waals surface area contributed by atoms with Gasteiger partial charge in [-0.15, -0.1) is 0 Å². The predicted octanol–water partition coefficient (Wildman–Crippen LogP) is 1.04. The molecule has 0 spiro atoms. The van der Waals surface area contributed by atoms with E-state index in [4.69, 9.17) is 0 Å². The highest BCUT2D eigenvalue weighted by Gasteiger charge is 2.23. The molecule has 1 rings (SSSR count). The maximum Gasteiger partial charge on any atom is 0.149 e. The number of likely N-dealkylation sites (tertiary alicyclic amines) is 1. The van der Waals surface area contributed by atoms with E-state index in [2.05, 4.69) is 27.8 Å². The van der Waals surface area contributed by atoms with E-state index < -0.39 is 0 Å². The first kappa shape index (κ1) is 8.21. The Kier molecular flexibility index (Phi) is 2.86. The highest BCUT2D eigenvalue weighted by molar-refractivity contribution is 9.10. The van der Waals surface area contributed by atoms with Crippen molar-refractivity contribution in [2.24, 2.45) is 0 Å². The second-order valence-corrected chi connectivity index (χ2v) is 3.68. The van der Waals surface area contributed by atoms with Crippen LogP contribution in [0, 0.1) is 0 Å². The van der Waals surface area contributed by atoms with Gasteiger partial charge in [-0.05, 0) is 6.54 Å². The average molecular weight is 206 g/mol. The number of nitrogens with zero attached hydrogens (tertiary/aromatic N) is 1. The Bertz CT molecular complexity index is 138. The molecule has 1 fully saturated rings. The van der Waals surface area contributed by atoms with E-state index in [0.717, 1.165) is 19.6 Å². The lowest BCUT2D eigenvalue weighted by Gasteiger charge is -2.27. The summed E-state index contributed by atoms with van der Waals surface area (Å²) >= 11 is 3.34. The first-order valence-electron chi connectivity index (χ1n) is 3.63. The minimum atomic E-state index is 0.0844. The lowest BCUT2D eigenvalue weighted by atomic mass is 10.1. The molecule has 0 aromatic heterocycles. The van der Waals surface area contributed by atoms with Crippen molar-refractivity contribution in [3.8, 4) is 0 Å². The van der Waals surface area contributed by atoms with Crippen LogP contribution >= 0.6 is 15.9 Å². The van der Waals surface area contributed by atoms with Gasteiger partial charge in [0.15, 0.2) is 0 Å². The SMILES string of the molecule is CCN1CCC(=O)C(Br)C1. The van der Waals surface area contributed by atoms with Crippen LogP contribution in [0.15, 0.2) is 0 Å². The van der Waals surface area contributed by atoms with Gasteiger partial charge in [0.2, 0.25) is 0 Å². The molecule has 10 heavy (non-hydrogen) atoms. The van der Waals surface area contributed by atoms with Crippen LogP contribution in [0.1, 0.15) is 13.3 Å². The van der Waals surface area contributed by atoms with Gasteiger partial charge in [0.05, 0.1) is 4.83 Å². The fourth-order valence-corrected chi connectivity index (χ4v) is 1.77. The summed E-state index contributed by atoms with van der Waals surface area (Å²) in [5.41, 5.74) is 0. The smallest absolute Gasteiger partial charge is 0.149 e. The molecule has 0 N–H and O–H groups in total. The zero-order valence-corrected chi connectivity index (χ0v) is 7.73. The number of alkyl halides is 1. The van der Waals surface area contributed by atoms with Gasteiger partial charge < -0.3 is 4.90 Å². The van der Waals surface area contributed by atoms with Crippen LogP contribution in [0.5, 0.6) is 0 Å². The summed E-state index contributed by atoms with van der Waals surface area (Å²) in [6.07, 6.45) is 0.712. The van der Waals surface area contributed by atoms with Gasteiger partial charge >= 0.3 is 0 Å². The van der Waals surface area contributed by atoms with E-state index in [9.17, 15) is 4.79 Å². The molecule has 1 atom stereocenters. The molecular formula is C7H12BrNO. The first-order valence-corrected chi connectivity index (χ1v) is 4.54. The molecule has 0 radical (unpaired) electrons. The second-order valence-electron chi connectivity index (χ2n) is 2.58. The summed E-state index contributed by atoms with van der Waals surface area (Å²) in [6.45, 7) is 5.00. The number of hydrogen-bond acceptors (Lipinski definition) is 2. The van der Waals surface area contributed by atoms with Gasteiger partial charge in [-0.25, -0.2) is 0 Å². The Morgan fingerprint density at radius 2 is 2.50 bits per heavy atom. The number of ketones is 1. The van der Waals surface area contributed by atoms with Crippen LogP contribution < -0.4 is 0 Å². The fourth-order valence-electron chi connectivity index (χ4n) is 1.13. The standard InChI is InChI=1S/C7H12BrNO/c1-2-9-4-3-7(10)6(8)5-9/h6H,2-5H2,1H3. The molecule has 0 aliphatic carbocycles. The quantitative estimate of drug-likeness (QED) is 0.597. The third-order valence-corrected chi connectivity index (χ3v) is 2.69. The third kappa shape index (κ3) is 1.80. The molecule has 1 saturated heterocycles. The highest BCUT2D eigenvalue weighted by Crippen LogP contribution is 2.12. The molecular weight excluding hydrogens is 194 g/mol. The van der Waals surface area contributed by atoms with Crippen molar-refractivity contribution >= 4 is 21.7 Å². The zero-order valence-electron chi connectivity index (χ0n) is 6.14. The summed E-state index contributed by atoms with van der Waals surface area (Å²) in [4.78, 5) is 13.3. The van der Waals surface area contributed by atoms with Gasteiger partial charge in [-0.3, -0.25) is 4.79 Å². The summed E-state index contributed by atoms with van der Waals surface area (Å²) in [5, 5.41) is 0. The van der Waals surface area contributed by atoms with E-state index in [1.807, 2.05) is 0 Å². The molecule has 3 heteroatoms. The normalized spacial score (nSPS) is 29.0. The Hall–Kier alpha value is 0.110. The Labute approximate surface area is 69.7 Å². The largest absolute Gasteiger partial charge is 0.302 e. The predicted molar refractivity (Wildman–Crippen MR) is 44.5 cm³/mol. The van der Waals surface area contributed by atoms with Crippen molar-refractivity contribution in [2.45, 2.75) is 18.2 Å². The number of rotatable bonds is 1.